The van der Waals surface area contributed by atoms with Crippen molar-refractivity contribution < 1.29 is 36.6 Å². The number of imide groups is 1. The summed E-state index contributed by atoms with van der Waals surface area (Å²) in [5, 5.41) is 10.6. The van der Waals surface area contributed by atoms with Crippen LogP contribution in [-0.4, -0.2) is 48.8 Å². The van der Waals surface area contributed by atoms with Gasteiger partial charge in [0.1, 0.15) is 0 Å². The monoisotopic (exact) mass is 554 g/mol. The number of amides is 2. The summed E-state index contributed by atoms with van der Waals surface area (Å²) in [5.74, 6) is -1.33. The molecule has 0 bridgehead atoms. The minimum absolute atomic E-state index is 0.0422. The number of ether oxygens (including phenoxy) is 1. The van der Waals surface area contributed by atoms with Crippen LogP contribution in [0.5, 0.6) is 11.5 Å². The van der Waals surface area contributed by atoms with Gasteiger partial charge in [-0.3, -0.25) is 29.4 Å². The van der Waals surface area contributed by atoms with Crippen molar-refractivity contribution in [1.82, 2.24) is 4.90 Å². The zero-order chi connectivity index (χ0) is 27.4. The Morgan fingerprint density at radius 1 is 1.03 bits per heavy atom. The van der Waals surface area contributed by atoms with E-state index in [2.05, 4.69) is 0 Å². The van der Waals surface area contributed by atoms with Crippen molar-refractivity contribution in [3.05, 3.63) is 98.9 Å². The fraction of sp³-hybridized carbons (Fsp3) is 0.0800. The lowest BCUT2D eigenvalue weighted by molar-refractivity contribution is -0.387. The Bertz CT molecular complexity index is 1590. The van der Waals surface area contributed by atoms with Gasteiger partial charge in [-0.05, 0) is 41.6 Å². The summed E-state index contributed by atoms with van der Waals surface area (Å²) in [4.78, 5) is 48.4. The van der Waals surface area contributed by atoms with E-state index in [1.54, 1.807) is 30.3 Å². The number of nitro groups is 1. The van der Waals surface area contributed by atoms with Gasteiger partial charge in [0, 0.05) is 11.6 Å². The van der Waals surface area contributed by atoms with Crippen LogP contribution in [0.2, 0.25) is 0 Å². The summed E-state index contributed by atoms with van der Waals surface area (Å²) >= 11 is 0.658. The largest absolute Gasteiger partial charge is 0.493 e. The van der Waals surface area contributed by atoms with E-state index in [0.717, 1.165) is 17.0 Å². The third kappa shape index (κ3) is 5.58. The smallest absolute Gasteiger partial charge is 0.346 e. The number of Topliss-reactive ketones (excluding diaryl/α,β-unsaturated/α-hetero) is 1. The van der Waals surface area contributed by atoms with E-state index in [0.29, 0.717) is 22.9 Å². The first-order valence-electron chi connectivity index (χ1n) is 10.8. The van der Waals surface area contributed by atoms with E-state index in [1.807, 2.05) is 0 Å². The highest BCUT2D eigenvalue weighted by Gasteiger charge is 2.36. The molecule has 1 heterocycles. The molecule has 1 saturated heterocycles. The van der Waals surface area contributed by atoms with E-state index >= 15 is 0 Å². The molecule has 0 N–H and O–H groups in total. The SMILES string of the molecule is COc1cc(/C=C2\SC(=O)N(CC(=O)c3ccccc3)C2=O)ccc1OS(=O)(=O)c1ccccc1[N+](=O)[O-]. The van der Waals surface area contributed by atoms with Crippen LogP contribution in [-0.2, 0) is 14.9 Å². The second kappa shape index (κ2) is 10.9. The third-order valence-electron chi connectivity index (χ3n) is 5.29. The van der Waals surface area contributed by atoms with Crippen molar-refractivity contribution in [1.29, 1.82) is 0 Å². The fourth-order valence-corrected chi connectivity index (χ4v) is 5.42. The second-order valence-corrected chi connectivity index (χ2v) is 10.2. The molecule has 13 heteroatoms. The molecule has 3 aromatic carbocycles. The average molecular weight is 555 g/mol. The molecule has 0 aromatic heterocycles. The van der Waals surface area contributed by atoms with Crippen molar-refractivity contribution in [3.8, 4) is 11.5 Å². The number of benzene rings is 3. The number of para-hydroxylation sites is 1. The van der Waals surface area contributed by atoms with Gasteiger partial charge >= 0.3 is 10.1 Å². The van der Waals surface area contributed by atoms with Crippen molar-refractivity contribution in [2.45, 2.75) is 4.90 Å². The molecular weight excluding hydrogens is 536 g/mol. The average Bonchev–Trinajstić information content (AvgIpc) is 3.17. The minimum Gasteiger partial charge on any atom is -0.493 e. The zero-order valence-electron chi connectivity index (χ0n) is 19.6. The molecule has 1 aliphatic rings. The summed E-state index contributed by atoms with van der Waals surface area (Å²) in [6, 6.07) is 17.0. The highest BCUT2D eigenvalue weighted by Crippen LogP contribution is 2.36. The van der Waals surface area contributed by atoms with Gasteiger partial charge in [0.2, 0.25) is 0 Å². The Kier molecular flexibility index (Phi) is 7.60. The molecule has 38 heavy (non-hydrogen) atoms. The Hall–Kier alpha value is -4.49. The first-order chi connectivity index (χ1) is 18.1. The van der Waals surface area contributed by atoms with E-state index in [4.69, 9.17) is 8.92 Å². The normalized spacial score (nSPS) is 14.6. The van der Waals surface area contributed by atoms with E-state index in [1.165, 1.54) is 43.5 Å². The lowest BCUT2D eigenvalue weighted by Gasteiger charge is -2.12. The number of nitro benzene ring substituents is 1. The molecule has 2 amide bonds. The van der Waals surface area contributed by atoms with Gasteiger partial charge in [-0.15, -0.1) is 0 Å². The Morgan fingerprint density at radius 2 is 1.71 bits per heavy atom. The maximum atomic E-state index is 12.8. The molecule has 1 aliphatic heterocycles. The number of hydrogen-bond donors (Lipinski definition) is 0. The van der Waals surface area contributed by atoms with Crippen LogP contribution in [0.3, 0.4) is 0 Å². The summed E-state index contributed by atoms with van der Waals surface area (Å²) in [6.45, 7) is -0.411. The molecule has 0 saturated carbocycles. The quantitative estimate of drug-likeness (QED) is 0.123. The highest BCUT2D eigenvalue weighted by molar-refractivity contribution is 8.18. The van der Waals surface area contributed by atoms with Crippen LogP contribution in [0.25, 0.3) is 6.08 Å². The highest BCUT2D eigenvalue weighted by atomic mass is 32.2. The number of ketones is 1. The molecule has 0 unspecified atom stereocenters. The third-order valence-corrected chi connectivity index (χ3v) is 7.48. The minimum atomic E-state index is -4.59. The number of carbonyl (C=O) groups is 3. The number of hydrogen-bond acceptors (Lipinski definition) is 10. The Morgan fingerprint density at radius 3 is 2.39 bits per heavy atom. The maximum Gasteiger partial charge on any atom is 0.346 e. The molecule has 0 atom stereocenters. The molecule has 3 aromatic rings. The predicted molar refractivity (Wildman–Crippen MR) is 137 cm³/mol. The Labute approximate surface area is 220 Å². The van der Waals surface area contributed by atoms with Crippen LogP contribution in [0.15, 0.2) is 82.6 Å². The van der Waals surface area contributed by atoms with Crippen LogP contribution < -0.4 is 8.92 Å². The van der Waals surface area contributed by atoms with Crippen molar-refractivity contribution in [3.63, 3.8) is 0 Å². The van der Waals surface area contributed by atoms with Crippen LogP contribution >= 0.6 is 11.8 Å². The van der Waals surface area contributed by atoms with Gasteiger partial charge in [-0.1, -0.05) is 48.5 Å². The van der Waals surface area contributed by atoms with Gasteiger partial charge < -0.3 is 8.92 Å². The predicted octanol–water partition coefficient (Wildman–Crippen LogP) is 4.29. The Balaban J connectivity index is 1.55. The molecule has 1 fully saturated rings. The molecule has 4 rings (SSSR count). The molecule has 0 spiro atoms. The maximum absolute atomic E-state index is 12.8. The number of carbonyl (C=O) groups excluding carboxylic acids is 3. The first kappa shape index (κ1) is 26.6. The summed E-state index contributed by atoms with van der Waals surface area (Å²) < 4.78 is 35.8. The summed E-state index contributed by atoms with van der Waals surface area (Å²) in [6.07, 6.45) is 1.39. The van der Waals surface area contributed by atoms with E-state index in [9.17, 15) is 32.9 Å². The van der Waals surface area contributed by atoms with Crippen molar-refractivity contribution in [2.24, 2.45) is 0 Å². The van der Waals surface area contributed by atoms with Crippen LogP contribution in [0, 0.1) is 10.1 Å². The van der Waals surface area contributed by atoms with Crippen molar-refractivity contribution >= 4 is 50.6 Å². The molecule has 0 aliphatic carbocycles. The van der Waals surface area contributed by atoms with Gasteiger partial charge in [0.15, 0.2) is 22.2 Å². The molecule has 0 radical (unpaired) electrons. The van der Waals surface area contributed by atoms with Gasteiger partial charge in [-0.2, -0.15) is 8.42 Å². The van der Waals surface area contributed by atoms with Crippen LogP contribution in [0.1, 0.15) is 15.9 Å². The summed E-state index contributed by atoms with van der Waals surface area (Å²) in [7, 11) is -3.34. The lowest BCUT2D eigenvalue weighted by Crippen LogP contribution is -2.33. The number of rotatable bonds is 9. The van der Waals surface area contributed by atoms with Gasteiger partial charge in [0.05, 0.1) is 23.5 Å². The molecule has 194 valence electrons. The van der Waals surface area contributed by atoms with E-state index in [-0.39, 0.29) is 16.4 Å². The fourth-order valence-electron chi connectivity index (χ4n) is 3.47. The van der Waals surface area contributed by atoms with E-state index < -0.39 is 49.1 Å². The van der Waals surface area contributed by atoms with Gasteiger partial charge in [-0.25, -0.2) is 0 Å². The lowest BCUT2D eigenvalue weighted by atomic mass is 10.1. The molecule has 11 nitrogen and oxygen atoms in total. The number of methoxy groups -OCH3 is 1. The van der Waals surface area contributed by atoms with Gasteiger partial charge in [0.25, 0.3) is 16.8 Å². The molecular formula is C25H18N2O9S2. The number of nitrogens with zero attached hydrogens (tertiary/aromatic N) is 2. The first-order valence-corrected chi connectivity index (χ1v) is 13.0. The van der Waals surface area contributed by atoms with Crippen LogP contribution in [0.4, 0.5) is 10.5 Å². The van der Waals surface area contributed by atoms with Crippen molar-refractivity contribution in [2.75, 3.05) is 13.7 Å². The zero-order valence-corrected chi connectivity index (χ0v) is 21.2. The standard InChI is InChI=1S/C25H18N2O9S2/c1-35-21-13-16(11-12-20(21)36-38(33,34)23-10-6-5-9-18(23)27(31)32)14-22-24(29)26(25(30)37-22)15-19(28)17-7-3-2-4-8-17/h2-14H,15H2,1H3/b22-14-. The summed E-state index contributed by atoms with van der Waals surface area (Å²) in [5.41, 5.74) is 0.0911. The number of thioether (sulfide) groups is 1. The second-order valence-electron chi connectivity index (χ2n) is 7.73. The topological polar surface area (TPSA) is 150 Å².